The van der Waals surface area contributed by atoms with E-state index in [-0.39, 0.29) is 24.8 Å². The summed E-state index contributed by atoms with van der Waals surface area (Å²) in [6.07, 6.45) is 1.62. The SMILES string of the molecule is C=CCOc1cccc2c1cc(C(=O)NCc1ccc(F)cc1)n2Cc1ccc(F)c(F)c1. The van der Waals surface area contributed by atoms with Gasteiger partial charge in [0.2, 0.25) is 0 Å². The third-order valence-electron chi connectivity index (χ3n) is 5.19. The van der Waals surface area contributed by atoms with Gasteiger partial charge in [0.05, 0.1) is 5.52 Å². The first kappa shape index (κ1) is 22.2. The second-order valence-corrected chi connectivity index (χ2v) is 7.46. The molecule has 0 bridgehead atoms. The highest BCUT2D eigenvalue weighted by Gasteiger charge is 2.19. The Balaban J connectivity index is 1.71. The summed E-state index contributed by atoms with van der Waals surface area (Å²) in [5, 5.41) is 3.53. The molecule has 1 aromatic heterocycles. The van der Waals surface area contributed by atoms with Crippen molar-refractivity contribution in [3.8, 4) is 5.75 Å². The number of aromatic nitrogens is 1. The molecular formula is C26H21F3N2O2. The molecular weight excluding hydrogens is 429 g/mol. The molecule has 0 saturated heterocycles. The van der Waals surface area contributed by atoms with Crippen molar-refractivity contribution in [2.45, 2.75) is 13.1 Å². The van der Waals surface area contributed by atoms with E-state index in [2.05, 4.69) is 11.9 Å². The molecule has 1 heterocycles. The summed E-state index contributed by atoms with van der Waals surface area (Å²) in [7, 11) is 0. The fourth-order valence-corrected chi connectivity index (χ4v) is 3.59. The summed E-state index contributed by atoms with van der Waals surface area (Å²) < 4.78 is 47.8. The van der Waals surface area contributed by atoms with Crippen molar-refractivity contribution in [2.75, 3.05) is 6.61 Å². The van der Waals surface area contributed by atoms with Crippen molar-refractivity contribution in [3.05, 3.63) is 114 Å². The van der Waals surface area contributed by atoms with Crippen molar-refractivity contribution in [3.63, 3.8) is 0 Å². The number of hydrogen-bond donors (Lipinski definition) is 1. The first-order valence-electron chi connectivity index (χ1n) is 10.3. The molecule has 3 aromatic carbocycles. The molecule has 0 aliphatic rings. The normalized spacial score (nSPS) is 10.9. The fraction of sp³-hybridized carbons (Fsp3) is 0.115. The van der Waals surface area contributed by atoms with Crippen LogP contribution in [-0.4, -0.2) is 17.1 Å². The van der Waals surface area contributed by atoms with Crippen LogP contribution < -0.4 is 10.1 Å². The van der Waals surface area contributed by atoms with Crippen LogP contribution in [0.15, 0.2) is 79.4 Å². The highest BCUT2D eigenvalue weighted by molar-refractivity contribution is 6.00. The first-order valence-corrected chi connectivity index (χ1v) is 10.3. The minimum atomic E-state index is -0.957. The summed E-state index contributed by atoms with van der Waals surface area (Å²) in [4.78, 5) is 13.1. The van der Waals surface area contributed by atoms with Crippen molar-refractivity contribution in [1.82, 2.24) is 9.88 Å². The van der Waals surface area contributed by atoms with Crippen LogP contribution in [0.25, 0.3) is 10.9 Å². The average molecular weight is 450 g/mol. The molecule has 168 valence electrons. The number of ether oxygens (including phenoxy) is 1. The molecule has 0 spiro atoms. The van der Waals surface area contributed by atoms with Gasteiger partial charge in [0.25, 0.3) is 5.91 Å². The molecule has 4 rings (SSSR count). The van der Waals surface area contributed by atoms with E-state index in [0.29, 0.717) is 34.5 Å². The molecule has 0 radical (unpaired) electrons. The molecule has 1 amide bonds. The second kappa shape index (κ2) is 9.65. The number of carbonyl (C=O) groups is 1. The van der Waals surface area contributed by atoms with Gasteiger partial charge in [-0.3, -0.25) is 4.79 Å². The lowest BCUT2D eigenvalue weighted by Crippen LogP contribution is -2.25. The predicted octanol–water partition coefficient (Wildman–Crippen LogP) is 5.60. The Hall–Kier alpha value is -4.00. The third-order valence-corrected chi connectivity index (χ3v) is 5.19. The van der Waals surface area contributed by atoms with Gasteiger partial charge in [-0.15, -0.1) is 0 Å². The largest absolute Gasteiger partial charge is 0.489 e. The molecule has 0 fully saturated rings. The van der Waals surface area contributed by atoms with Crippen molar-refractivity contribution in [1.29, 1.82) is 0 Å². The number of halogens is 3. The van der Waals surface area contributed by atoms with Gasteiger partial charge in [-0.2, -0.15) is 0 Å². The standard InChI is InChI=1S/C26H21F3N2O2/c1-2-12-33-25-5-3-4-23-20(25)14-24(26(32)30-15-17-6-9-19(27)10-7-17)31(23)16-18-8-11-21(28)22(29)13-18/h2-11,13-14H,1,12,15-16H2,(H,30,32). The zero-order chi connectivity index (χ0) is 23.4. The average Bonchev–Trinajstić information content (AvgIpc) is 3.18. The van der Waals surface area contributed by atoms with E-state index in [4.69, 9.17) is 4.74 Å². The van der Waals surface area contributed by atoms with Crippen molar-refractivity contribution >= 4 is 16.8 Å². The van der Waals surface area contributed by atoms with E-state index in [0.717, 1.165) is 17.7 Å². The second-order valence-electron chi connectivity index (χ2n) is 7.46. The maximum atomic E-state index is 13.8. The molecule has 0 aliphatic heterocycles. The molecule has 7 heteroatoms. The van der Waals surface area contributed by atoms with Gasteiger partial charge in [0.15, 0.2) is 11.6 Å². The zero-order valence-corrected chi connectivity index (χ0v) is 17.7. The van der Waals surface area contributed by atoms with E-state index >= 15 is 0 Å². The van der Waals surface area contributed by atoms with Crippen LogP contribution in [0.1, 0.15) is 21.6 Å². The lowest BCUT2D eigenvalue weighted by Gasteiger charge is -2.12. The predicted molar refractivity (Wildman–Crippen MR) is 121 cm³/mol. The van der Waals surface area contributed by atoms with E-state index in [1.54, 1.807) is 41.0 Å². The number of nitrogens with zero attached hydrogens (tertiary/aromatic N) is 1. The summed E-state index contributed by atoms with van der Waals surface area (Å²) in [6, 6.07) is 16.6. The number of fused-ring (bicyclic) bond motifs is 1. The number of benzene rings is 3. The minimum Gasteiger partial charge on any atom is -0.489 e. The Labute approximate surface area is 188 Å². The quantitative estimate of drug-likeness (QED) is 0.355. The summed E-state index contributed by atoms with van der Waals surface area (Å²) in [5.74, 6) is -2.05. The maximum absolute atomic E-state index is 13.8. The van der Waals surface area contributed by atoms with Gasteiger partial charge in [0.1, 0.15) is 23.9 Å². The first-order chi connectivity index (χ1) is 16.0. The Kier molecular flexibility index (Phi) is 6.49. The Bertz CT molecular complexity index is 1310. The van der Waals surface area contributed by atoms with Gasteiger partial charge < -0.3 is 14.6 Å². The van der Waals surface area contributed by atoms with E-state index in [1.165, 1.54) is 18.2 Å². The number of nitrogens with one attached hydrogen (secondary N) is 1. The maximum Gasteiger partial charge on any atom is 0.268 e. The molecule has 0 unspecified atom stereocenters. The molecule has 1 N–H and O–H groups in total. The lowest BCUT2D eigenvalue weighted by molar-refractivity contribution is 0.0942. The highest BCUT2D eigenvalue weighted by Crippen LogP contribution is 2.30. The van der Waals surface area contributed by atoms with E-state index < -0.39 is 11.6 Å². The van der Waals surface area contributed by atoms with Crippen LogP contribution in [-0.2, 0) is 13.1 Å². The molecule has 0 saturated carbocycles. The summed E-state index contributed by atoms with van der Waals surface area (Å²) in [6.45, 7) is 4.29. The van der Waals surface area contributed by atoms with Crippen LogP contribution >= 0.6 is 0 Å². The van der Waals surface area contributed by atoms with Crippen LogP contribution in [0.5, 0.6) is 5.75 Å². The van der Waals surface area contributed by atoms with Gasteiger partial charge >= 0.3 is 0 Å². The molecule has 4 aromatic rings. The minimum absolute atomic E-state index is 0.144. The Morgan fingerprint density at radius 3 is 2.45 bits per heavy atom. The smallest absolute Gasteiger partial charge is 0.268 e. The number of amides is 1. The fourth-order valence-electron chi connectivity index (χ4n) is 3.59. The zero-order valence-electron chi connectivity index (χ0n) is 17.7. The summed E-state index contributed by atoms with van der Waals surface area (Å²) >= 11 is 0. The van der Waals surface area contributed by atoms with Gasteiger partial charge in [-0.25, -0.2) is 13.2 Å². The van der Waals surface area contributed by atoms with E-state index in [1.807, 2.05) is 6.07 Å². The number of hydrogen-bond acceptors (Lipinski definition) is 2. The monoisotopic (exact) mass is 450 g/mol. The Morgan fingerprint density at radius 1 is 0.970 bits per heavy atom. The van der Waals surface area contributed by atoms with E-state index in [9.17, 15) is 18.0 Å². The molecule has 0 atom stereocenters. The molecule has 33 heavy (non-hydrogen) atoms. The lowest BCUT2D eigenvalue weighted by atomic mass is 10.2. The molecule has 0 aliphatic carbocycles. The molecule has 4 nitrogen and oxygen atoms in total. The Morgan fingerprint density at radius 2 is 1.73 bits per heavy atom. The topological polar surface area (TPSA) is 43.3 Å². The van der Waals surface area contributed by atoms with Gasteiger partial charge in [0, 0.05) is 18.5 Å². The van der Waals surface area contributed by atoms with Crippen molar-refractivity contribution < 1.29 is 22.7 Å². The number of rotatable bonds is 8. The van der Waals surface area contributed by atoms with Crippen LogP contribution in [0.2, 0.25) is 0 Å². The third kappa shape index (κ3) is 4.92. The van der Waals surface area contributed by atoms with Crippen molar-refractivity contribution in [2.24, 2.45) is 0 Å². The number of carbonyl (C=O) groups excluding carboxylic acids is 1. The highest BCUT2D eigenvalue weighted by atomic mass is 19.2. The summed E-state index contributed by atoms with van der Waals surface area (Å²) in [5.41, 5.74) is 2.26. The van der Waals surface area contributed by atoms with Gasteiger partial charge in [-0.1, -0.05) is 36.9 Å². The van der Waals surface area contributed by atoms with Gasteiger partial charge in [-0.05, 0) is 53.6 Å². The van der Waals surface area contributed by atoms with Crippen LogP contribution in [0, 0.1) is 17.5 Å². The van der Waals surface area contributed by atoms with Crippen LogP contribution in [0.3, 0.4) is 0 Å². The van der Waals surface area contributed by atoms with Crippen LogP contribution in [0.4, 0.5) is 13.2 Å².